The first-order valence-electron chi connectivity index (χ1n) is 8.74. The van der Waals surface area contributed by atoms with Crippen LogP contribution in [-0.2, 0) is 10.3 Å². The van der Waals surface area contributed by atoms with Crippen LogP contribution in [0.1, 0.15) is 15.9 Å². The summed E-state index contributed by atoms with van der Waals surface area (Å²) in [7, 11) is 0. The predicted molar refractivity (Wildman–Crippen MR) is 104 cm³/mol. The van der Waals surface area contributed by atoms with Crippen LogP contribution in [0.4, 0.5) is 8.78 Å². The molecule has 1 aliphatic rings. The Morgan fingerprint density at radius 3 is 2.54 bits per heavy atom. The Labute approximate surface area is 166 Å². The summed E-state index contributed by atoms with van der Waals surface area (Å²) in [6, 6.07) is 14.4. The molecule has 3 atom stereocenters. The maximum absolute atomic E-state index is 14.6. The lowest BCUT2D eigenvalue weighted by molar-refractivity contribution is 0.0524. The van der Waals surface area contributed by atoms with Crippen molar-refractivity contribution in [2.45, 2.75) is 11.6 Å². The molecular formula is C20H20F2N2O3S. The van der Waals surface area contributed by atoms with Crippen molar-refractivity contribution < 1.29 is 23.4 Å². The van der Waals surface area contributed by atoms with Gasteiger partial charge in [-0.15, -0.1) is 0 Å². The molecule has 1 aliphatic heterocycles. The first kappa shape index (κ1) is 20.3. The molecule has 0 aliphatic carbocycles. The highest BCUT2D eigenvalue weighted by Gasteiger charge is 2.52. The van der Waals surface area contributed by atoms with Gasteiger partial charge < -0.3 is 15.2 Å². The van der Waals surface area contributed by atoms with E-state index in [2.05, 4.69) is 10.6 Å². The highest BCUT2D eigenvalue weighted by atomic mass is 32.1. The van der Waals surface area contributed by atoms with E-state index in [1.54, 1.807) is 36.4 Å². The van der Waals surface area contributed by atoms with Gasteiger partial charge in [-0.1, -0.05) is 36.4 Å². The molecule has 1 amide bonds. The fourth-order valence-corrected chi connectivity index (χ4v) is 3.77. The summed E-state index contributed by atoms with van der Waals surface area (Å²) in [6.07, 6.45) is -0.926. The van der Waals surface area contributed by atoms with Crippen molar-refractivity contribution >= 4 is 23.2 Å². The zero-order valence-corrected chi connectivity index (χ0v) is 15.7. The Morgan fingerprint density at radius 1 is 1.21 bits per heavy atom. The number of alkyl halides is 1. The molecule has 2 aromatic carbocycles. The van der Waals surface area contributed by atoms with Gasteiger partial charge in [0.15, 0.2) is 5.11 Å². The number of thiocarbonyl (C=S) groups is 1. The number of carbonyl (C=O) groups is 1. The average Bonchev–Trinajstić information content (AvgIpc) is 3.06. The lowest BCUT2D eigenvalue weighted by Crippen LogP contribution is -2.57. The van der Waals surface area contributed by atoms with E-state index in [-0.39, 0.29) is 17.3 Å². The summed E-state index contributed by atoms with van der Waals surface area (Å²) in [5.74, 6) is -1.79. The summed E-state index contributed by atoms with van der Waals surface area (Å²) in [5, 5.41) is 15.3. The second kappa shape index (κ2) is 8.72. The van der Waals surface area contributed by atoms with Crippen molar-refractivity contribution in [1.29, 1.82) is 0 Å². The molecule has 0 radical (unpaired) electrons. The van der Waals surface area contributed by atoms with Gasteiger partial charge in [-0.3, -0.25) is 10.1 Å². The fourth-order valence-electron chi connectivity index (χ4n) is 3.50. The average molecular weight is 406 g/mol. The van der Waals surface area contributed by atoms with Crippen molar-refractivity contribution in [3.05, 3.63) is 71.5 Å². The van der Waals surface area contributed by atoms with E-state index in [0.717, 1.165) is 0 Å². The van der Waals surface area contributed by atoms with E-state index in [9.17, 15) is 18.7 Å². The fraction of sp³-hybridized carbons (Fsp3) is 0.300. The minimum absolute atomic E-state index is 0.0707. The van der Waals surface area contributed by atoms with E-state index in [0.29, 0.717) is 5.56 Å². The van der Waals surface area contributed by atoms with E-state index in [1.165, 1.54) is 18.2 Å². The number of amides is 1. The third-order valence-corrected chi connectivity index (χ3v) is 5.11. The van der Waals surface area contributed by atoms with Gasteiger partial charge in [-0.25, -0.2) is 8.78 Å². The number of aliphatic hydroxyl groups excluding tert-OH is 1. The largest absolute Gasteiger partial charge is 0.396 e. The second-order valence-electron chi connectivity index (χ2n) is 6.52. The second-order valence-corrected chi connectivity index (χ2v) is 6.93. The van der Waals surface area contributed by atoms with Crippen LogP contribution in [0.3, 0.4) is 0 Å². The smallest absolute Gasteiger partial charge is 0.257 e. The molecule has 3 rings (SSSR count). The van der Waals surface area contributed by atoms with Gasteiger partial charge in [0.1, 0.15) is 12.5 Å². The number of aliphatic hydroxyl groups is 1. The van der Waals surface area contributed by atoms with Crippen molar-refractivity contribution in [1.82, 2.24) is 10.6 Å². The zero-order valence-electron chi connectivity index (χ0n) is 14.9. The van der Waals surface area contributed by atoms with Crippen molar-refractivity contribution in [3.8, 4) is 0 Å². The van der Waals surface area contributed by atoms with Crippen molar-refractivity contribution in [2.24, 2.45) is 5.92 Å². The van der Waals surface area contributed by atoms with Crippen LogP contribution in [0.25, 0.3) is 0 Å². The van der Waals surface area contributed by atoms with Crippen LogP contribution in [0.15, 0.2) is 54.6 Å². The maximum Gasteiger partial charge on any atom is 0.257 e. The van der Waals surface area contributed by atoms with Crippen LogP contribution < -0.4 is 10.6 Å². The number of halogens is 2. The Balaban J connectivity index is 1.89. The van der Waals surface area contributed by atoms with Crippen LogP contribution in [-0.4, -0.2) is 42.1 Å². The summed E-state index contributed by atoms with van der Waals surface area (Å²) in [4.78, 5) is 12.4. The first-order valence-corrected chi connectivity index (χ1v) is 9.14. The third-order valence-electron chi connectivity index (χ3n) is 4.91. The number of benzene rings is 2. The summed E-state index contributed by atoms with van der Waals surface area (Å²) < 4.78 is 33.5. The maximum atomic E-state index is 14.6. The SMILES string of the molecule is O=C(NC(=S)N[C@@]1(c2ccccc2F)CO[C@H](CF)[C@H]1CO)c1ccccc1. The Hall–Kier alpha value is -2.42. The molecule has 3 N–H and O–H groups in total. The monoisotopic (exact) mass is 406 g/mol. The third kappa shape index (κ3) is 3.89. The predicted octanol–water partition coefficient (Wildman–Crippen LogP) is 2.30. The molecule has 0 bridgehead atoms. The molecule has 2 aromatic rings. The van der Waals surface area contributed by atoms with Crippen LogP contribution in [0.2, 0.25) is 0 Å². The number of ether oxygens (including phenoxy) is 1. The molecular weight excluding hydrogens is 386 g/mol. The van der Waals surface area contributed by atoms with Gasteiger partial charge in [0.05, 0.1) is 24.9 Å². The van der Waals surface area contributed by atoms with Gasteiger partial charge in [0.2, 0.25) is 0 Å². The molecule has 5 nitrogen and oxygen atoms in total. The van der Waals surface area contributed by atoms with Crippen LogP contribution >= 0.6 is 12.2 Å². The van der Waals surface area contributed by atoms with Crippen LogP contribution in [0.5, 0.6) is 0 Å². The highest BCUT2D eigenvalue weighted by Crippen LogP contribution is 2.40. The normalized spacial score (nSPS) is 24.0. The van der Waals surface area contributed by atoms with Gasteiger partial charge in [0, 0.05) is 17.0 Å². The molecule has 28 heavy (non-hydrogen) atoms. The summed E-state index contributed by atoms with van der Waals surface area (Å²) in [5.41, 5.74) is -0.742. The number of carbonyl (C=O) groups excluding carboxylic acids is 1. The number of hydrogen-bond donors (Lipinski definition) is 3. The van der Waals surface area contributed by atoms with Crippen molar-refractivity contribution in [2.75, 3.05) is 19.9 Å². The molecule has 0 saturated carbocycles. The number of hydrogen-bond acceptors (Lipinski definition) is 4. The Morgan fingerprint density at radius 2 is 1.89 bits per heavy atom. The standard InChI is InChI=1S/C20H20F2N2O3S/c21-10-17-15(11-25)20(12-27-17,14-8-4-5-9-16(14)22)24-19(28)23-18(26)13-6-2-1-3-7-13/h1-9,15,17,25H,10-12H2,(H2,23,24,26,28)/t15-,17-,20-/m1/s1. The highest BCUT2D eigenvalue weighted by molar-refractivity contribution is 7.80. The van der Waals surface area contributed by atoms with Gasteiger partial charge >= 0.3 is 0 Å². The molecule has 1 fully saturated rings. The van der Waals surface area contributed by atoms with E-state index in [4.69, 9.17) is 17.0 Å². The number of nitrogens with one attached hydrogen (secondary N) is 2. The molecule has 0 unspecified atom stereocenters. The zero-order chi connectivity index (χ0) is 20.1. The molecule has 0 spiro atoms. The van der Waals surface area contributed by atoms with Gasteiger partial charge in [0.25, 0.3) is 5.91 Å². The quantitative estimate of drug-likeness (QED) is 0.665. The number of rotatable bonds is 5. The van der Waals surface area contributed by atoms with Gasteiger partial charge in [-0.05, 0) is 30.4 Å². The Kier molecular flexibility index (Phi) is 6.33. The summed E-state index contributed by atoms with van der Waals surface area (Å²) in [6.45, 7) is -1.41. The molecule has 148 valence electrons. The minimum Gasteiger partial charge on any atom is -0.396 e. The lowest BCUT2D eigenvalue weighted by Gasteiger charge is -2.36. The van der Waals surface area contributed by atoms with Crippen molar-refractivity contribution in [3.63, 3.8) is 0 Å². The Bertz CT molecular complexity index is 852. The molecule has 1 saturated heterocycles. The van der Waals surface area contributed by atoms with Crippen LogP contribution in [0, 0.1) is 11.7 Å². The van der Waals surface area contributed by atoms with E-state index in [1.807, 2.05) is 0 Å². The topological polar surface area (TPSA) is 70.6 Å². The summed E-state index contributed by atoms with van der Waals surface area (Å²) >= 11 is 5.26. The van der Waals surface area contributed by atoms with E-state index >= 15 is 0 Å². The first-order chi connectivity index (χ1) is 13.5. The minimum atomic E-state index is -1.32. The molecule has 8 heteroatoms. The lowest BCUT2D eigenvalue weighted by atomic mass is 9.78. The molecule has 0 aromatic heterocycles. The van der Waals surface area contributed by atoms with Gasteiger partial charge in [-0.2, -0.15) is 0 Å². The van der Waals surface area contributed by atoms with E-state index < -0.39 is 42.6 Å². The molecule has 1 heterocycles.